The first-order chi connectivity index (χ1) is 34.7. The van der Waals surface area contributed by atoms with Gasteiger partial charge in [-0.3, -0.25) is 0 Å². The average Bonchev–Trinajstić information content (AvgIpc) is 4.07. The molecule has 11 aromatic carbocycles. The number of nitrogens with zero attached hydrogens (tertiary/aromatic N) is 2. The van der Waals surface area contributed by atoms with Gasteiger partial charge in [-0.25, -0.2) is 0 Å². The van der Waals surface area contributed by atoms with E-state index in [0.717, 1.165) is 28.4 Å². The molecule has 70 heavy (non-hydrogen) atoms. The van der Waals surface area contributed by atoms with Gasteiger partial charge in [0.1, 0.15) is 0 Å². The summed E-state index contributed by atoms with van der Waals surface area (Å²) in [4.78, 5) is 4.87. The first kappa shape index (κ1) is 40.3. The molecule has 14 rings (SSSR count). The summed E-state index contributed by atoms with van der Waals surface area (Å²) in [6.45, 7) is 0. The maximum absolute atomic E-state index is 2.46. The van der Waals surface area contributed by atoms with Crippen molar-refractivity contribution in [3.63, 3.8) is 0 Å². The van der Waals surface area contributed by atoms with Crippen molar-refractivity contribution in [1.82, 2.24) is 0 Å². The van der Waals surface area contributed by atoms with Crippen LogP contribution in [-0.2, 0) is 5.41 Å². The summed E-state index contributed by atoms with van der Waals surface area (Å²) in [5, 5.41) is 2.59. The molecule has 0 saturated heterocycles. The van der Waals surface area contributed by atoms with Crippen LogP contribution in [0.25, 0.3) is 64.7 Å². The molecule has 328 valence electrons. The normalized spacial score (nSPS) is 14.1. The number of hydrogen-bond donors (Lipinski definition) is 0. The highest BCUT2D eigenvalue weighted by atomic mass is 32.1. The Labute approximate surface area is 412 Å². The van der Waals surface area contributed by atoms with Gasteiger partial charge in [0.05, 0.1) is 15.8 Å². The Morgan fingerprint density at radius 2 is 0.686 bits per heavy atom. The van der Waals surface area contributed by atoms with Gasteiger partial charge in [0, 0.05) is 43.9 Å². The summed E-state index contributed by atoms with van der Waals surface area (Å²) in [5.41, 5.74) is 21.4. The lowest BCUT2D eigenvalue weighted by Crippen LogP contribution is -2.26. The number of benzene rings is 11. The maximum Gasteiger partial charge on any atom is 0.0725 e. The number of hydrogen-bond acceptors (Lipinski definition) is 3. The van der Waals surface area contributed by atoms with Crippen molar-refractivity contribution in [3.8, 4) is 44.5 Å². The van der Waals surface area contributed by atoms with E-state index in [1.807, 2.05) is 11.3 Å². The lowest BCUT2D eigenvalue weighted by Gasteiger charge is -2.32. The second kappa shape index (κ2) is 16.2. The number of thiophene rings is 1. The molecule has 1 unspecified atom stereocenters. The van der Waals surface area contributed by atoms with Gasteiger partial charge in [0.25, 0.3) is 0 Å². The molecule has 3 heteroatoms. The zero-order valence-corrected chi connectivity index (χ0v) is 39.0. The summed E-state index contributed by atoms with van der Waals surface area (Å²) in [5.74, 6) is 0. The molecule has 0 radical (unpaired) electrons. The van der Waals surface area contributed by atoms with Crippen molar-refractivity contribution in [2.75, 3.05) is 9.80 Å². The minimum atomic E-state index is -0.503. The summed E-state index contributed by atoms with van der Waals surface area (Å²) in [6, 6.07) is 98.4. The van der Waals surface area contributed by atoms with Gasteiger partial charge < -0.3 is 9.80 Å². The van der Waals surface area contributed by atoms with Gasteiger partial charge in [-0.05, 0) is 140 Å². The van der Waals surface area contributed by atoms with Gasteiger partial charge in [-0.1, -0.05) is 194 Å². The minimum Gasteiger partial charge on any atom is -0.310 e. The second-order valence-electron chi connectivity index (χ2n) is 18.4. The molecule has 0 aliphatic heterocycles. The van der Waals surface area contributed by atoms with Crippen LogP contribution in [0, 0.1) is 0 Å². The highest BCUT2D eigenvalue weighted by Crippen LogP contribution is 2.64. The molecule has 2 aliphatic rings. The zero-order chi connectivity index (χ0) is 46.2. The largest absolute Gasteiger partial charge is 0.310 e. The summed E-state index contributed by atoms with van der Waals surface area (Å²) in [7, 11) is 0. The van der Waals surface area contributed by atoms with E-state index >= 15 is 0 Å². The van der Waals surface area contributed by atoms with Gasteiger partial charge >= 0.3 is 0 Å². The van der Waals surface area contributed by atoms with Crippen molar-refractivity contribution in [1.29, 1.82) is 0 Å². The molecule has 0 amide bonds. The fourth-order valence-electron chi connectivity index (χ4n) is 11.6. The van der Waals surface area contributed by atoms with Crippen LogP contribution in [0.1, 0.15) is 22.3 Å². The minimum absolute atomic E-state index is 0.503. The molecule has 12 aromatic rings. The van der Waals surface area contributed by atoms with Crippen molar-refractivity contribution in [3.05, 3.63) is 289 Å². The first-order valence-electron chi connectivity index (χ1n) is 24.1. The van der Waals surface area contributed by atoms with Gasteiger partial charge in [-0.2, -0.15) is 0 Å². The first-order valence-corrected chi connectivity index (χ1v) is 24.9. The van der Waals surface area contributed by atoms with Crippen LogP contribution < -0.4 is 9.80 Å². The SMILES string of the molecule is c1ccc(-c2ccc(N(c3ccc(-c4ccccc4)cc3)c3ccc4c(c3)-c3ccccc3C43c4ccccc4-c4cc(N(c5ccccc5)c5cccc6c5sc5ccccc56)ccc43)cc2)cc1. The van der Waals surface area contributed by atoms with E-state index < -0.39 is 5.41 Å². The van der Waals surface area contributed by atoms with Crippen LogP contribution in [-0.4, -0.2) is 0 Å². The Bertz CT molecular complexity index is 3850. The van der Waals surface area contributed by atoms with E-state index in [9.17, 15) is 0 Å². The van der Waals surface area contributed by atoms with Gasteiger partial charge in [0.2, 0.25) is 0 Å². The topological polar surface area (TPSA) is 6.48 Å². The second-order valence-corrected chi connectivity index (χ2v) is 19.4. The quantitative estimate of drug-likeness (QED) is 0.150. The van der Waals surface area contributed by atoms with Crippen LogP contribution in [0.4, 0.5) is 34.1 Å². The molecular formula is C67H44N2S. The molecule has 0 saturated carbocycles. The number of anilines is 6. The van der Waals surface area contributed by atoms with E-state index in [1.54, 1.807) is 0 Å². The van der Waals surface area contributed by atoms with Crippen LogP contribution >= 0.6 is 11.3 Å². The number of fused-ring (bicyclic) bond motifs is 13. The van der Waals surface area contributed by atoms with Gasteiger partial charge in [-0.15, -0.1) is 11.3 Å². The van der Waals surface area contributed by atoms with Crippen molar-refractivity contribution in [2.45, 2.75) is 5.41 Å². The van der Waals surface area contributed by atoms with E-state index in [-0.39, 0.29) is 0 Å². The molecule has 1 atom stereocenters. The smallest absolute Gasteiger partial charge is 0.0725 e. The molecule has 1 heterocycles. The number of rotatable bonds is 8. The van der Waals surface area contributed by atoms with E-state index in [4.69, 9.17) is 0 Å². The summed E-state index contributed by atoms with van der Waals surface area (Å²) in [6.07, 6.45) is 0. The third-order valence-corrected chi connectivity index (χ3v) is 15.9. The van der Waals surface area contributed by atoms with E-state index in [0.29, 0.717) is 0 Å². The Morgan fingerprint density at radius 1 is 0.271 bits per heavy atom. The lowest BCUT2D eigenvalue weighted by molar-refractivity contribution is 0.794. The Morgan fingerprint density at radius 3 is 1.26 bits per heavy atom. The Balaban J connectivity index is 0.939. The predicted molar refractivity (Wildman–Crippen MR) is 296 cm³/mol. The summed E-state index contributed by atoms with van der Waals surface area (Å²) >= 11 is 1.87. The number of para-hydroxylation sites is 1. The Hall–Kier alpha value is -8.76. The zero-order valence-electron chi connectivity index (χ0n) is 38.2. The highest BCUT2D eigenvalue weighted by molar-refractivity contribution is 7.26. The van der Waals surface area contributed by atoms with Crippen LogP contribution in [0.5, 0.6) is 0 Å². The molecule has 2 aliphatic carbocycles. The fraction of sp³-hybridized carbons (Fsp3) is 0.0149. The van der Waals surface area contributed by atoms with Crippen LogP contribution in [0.15, 0.2) is 267 Å². The van der Waals surface area contributed by atoms with E-state index in [2.05, 4.69) is 277 Å². The fourth-order valence-corrected chi connectivity index (χ4v) is 12.8. The molecule has 1 spiro atoms. The van der Waals surface area contributed by atoms with Crippen molar-refractivity contribution in [2.24, 2.45) is 0 Å². The predicted octanol–water partition coefficient (Wildman–Crippen LogP) is 18.7. The van der Waals surface area contributed by atoms with Gasteiger partial charge in [0.15, 0.2) is 0 Å². The monoisotopic (exact) mass is 908 g/mol. The van der Waals surface area contributed by atoms with Crippen molar-refractivity contribution >= 4 is 65.6 Å². The molecular weight excluding hydrogens is 865 g/mol. The third-order valence-electron chi connectivity index (χ3n) is 14.7. The average molecular weight is 909 g/mol. The maximum atomic E-state index is 2.46. The highest BCUT2D eigenvalue weighted by Gasteiger charge is 2.52. The van der Waals surface area contributed by atoms with E-state index in [1.165, 1.54) is 92.6 Å². The summed E-state index contributed by atoms with van der Waals surface area (Å²) < 4.78 is 2.59. The Kier molecular flexibility index (Phi) is 9.33. The standard InChI is InChI=1S/C67H44N2S/c1-4-17-45(18-5-1)47-31-35-50(36-32-47)68(51-37-33-48(34-38-51)46-19-6-2-7-20-46)52-39-41-62-58(43-52)54-23-10-13-27-60(54)67(62)61-28-14-11-24-55(61)59-44-53(40-42-63(59)67)69(49-21-8-3-9-22-49)64-29-16-26-57-56-25-12-15-30-65(56)70-66(57)64/h1-44H. The lowest BCUT2D eigenvalue weighted by atomic mass is 9.70. The molecule has 0 bridgehead atoms. The van der Waals surface area contributed by atoms with Crippen molar-refractivity contribution < 1.29 is 0 Å². The molecule has 2 nitrogen and oxygen atoms in total. The van der Waals surface area contributed by atoms with Crippen LogP contribution in [0.3, 0.4) is 0 Å². The molecule has 0 N–H and O–H groups in total. The third kappa shape index (κ3) is 6.19. The van der Waals surface area contributed by atoms with Crippen LogP contribution in [0.2, 0.25) is 0 Å². The molecule has 1 aromatic heterocycles. The molecule has 0 fully saturated rings.